The molecule has 0 saturated heterocycles. The molecule has 2 aromatic rings. The van der Waals surface area contributed by atoms with Gasteiger partial charge in [-0.2, -0.15) is 0 Å². The van der Waals surface area contributed by atoms with Crippen LogP contribution in [0, 0.1) is 0 Å². The lowest BCUT2D eigenvalue weighted by atomic mass is 9.95. The largest absolute Gasteiger partial charge is 0.494 e. The number of rotatable bonds is 7. The highest BCUT2D eigenvalue weighted by Crippen LogP contribution is 2.42. The number of ether oxygens (including phenoxy) is 1. The van der Waals surface area contributed by atoms with Gasteiger partial charge < -0.3 is 4.74 Å². The van der Waals surface area contributed by atoms with Gasteiger partial charge in [-0.05, 0) is 49.1 Å². The number of thioether (sulfide) groups is 1. The molecule has 0 atom stereocenters. The maximum atomic E-state index is 13.7. The predicted octanol–water partition coefficient (Wildman–Crippen LogP) is 6.46. The van der Waals surface area contributed by atoms with E-state index in [9.17, 15) is 9.59 Å². The van der Waals surface area contributed by atoms with E-state index in [-0.39, 0.29) is 17.9 Å². The van der Waals surface area contributed by atoms with Crippen molar-refractivity contribution in [2.24, 2.45) is 0 Å². The van der Waals surface area contributed by atoms with Crippen LogP contribution < -0.4 is 4.74 Å². The second kappa shape index (κ2) is 10.9. The summed E-state index contributed by atoms with van der Waals surface area (Å²) in [4.78, 5) is 30.3. The van der Waals surface area contributed by atoms with Gasteiger partial charge in [0, 0.05) is 10.9 Å². The van der Waals surface area contributed by atoms with Crippen molar-refractivity contribution in [2.75, 3.05) is 6.61 Å². The van der Waals surface area contributed by atoms with E-state index < -0.39 is 0 Å². The fraction of sp³-hybridized carbons (Fsp3) is 0.407. The quantitative estimate of drug-likeness (QED) is 0.455. The summed E-state index contributed by atoms with van der Waals surface area (Å²) in [6.45, 7) is 2.73. The smallest absolute Gasteiger partial charge is 0.268 e. The highest BCUT2D eigenvalue weighted by Gasteiger charge is 2.42. The lowest BCUT2D eigenvalue weighted by molar-refractivity contribution is -0.139. The number of carbonyl (C=O) groups excluding carboxylic acids is 2. The number of amides is 2. The minimum absolute atomic E-state index is 0.00802. The molecule has 1 saturated carbocycles. The molecule has 0 N–H and O–H groups in total. The van der Waals surface area contributed by atoms with Crippen molar-refractivity contribution in [1.82, 2.24) is 4.90 Å². The van der Waals surface area contributed by atoms with Gasteiger partial charge >= 0.3 is 0 Å². The molecule has 2 aromatic carbocycles. The van der Waals surface area contributed by atoms with Crippen LogP contribution in [0.4, 0.5) is 0 Å². The summed E-state index contributed by atoms with van der Waals surface area (Å²) < 4.78 is 5.70. The molecule has 168 valence electrons. The molecule has 0 bridgehead atoms. The van der Waals surface area contributed by atoms with Gasteiger partial charge in [0.25, 0.3) is 11.8 Å². The van der Waals surface area contributed by atoms with Crippen molar-refractivity contribution >= 4 is 29.1 Å². The van der Waals surface area contributed by atoms with Crippen molar-refractivity contribution in [2.45, 2.75) is 69.2 Å². The third-order valence-corrected chi connectivity index (χ3v) is 7.18. The van der Waals surface area contributed by atoms with E-state index in [1.54, 1.807) is 4.90 Å². The molecule has 0 unspecified atom stereocenters. The molecule has 0 spiro atoms. The van der Waals surface area contributed by atoms with Crippen LogP contribution in [0.2, 0.25) is 0 Å². The Bertz CT molecular complexity index is 960. The maximum absolute atomic E-state index is 13.7. The molecule has 4 nitrogen and oxygen atoms in total. The Morgan fingerprint density at radius 3 is 2.19 bits per heavy atom. The number of benzene rings is 2. The number of nitrogens with zero attached hydrogens (tertiary/aromatic N) is 1. The zero-order valence-corrected chi connectivity index (χ0v) is 19.5. The van der Waals surface area contributed by atoms with Gasteiger partial charge in [0.2, 0.25) is 0 Å². The maximum Gasteiger partial charge on any atom is 0.268 e. The van der Waals surface area contributed by atoms with E-state index in [0.29, 0.717) is 17.1 Å². The van der Waals surface area contributed by atoms with Crippen LogP contribution in [0.15, 0.2) is 64.4 Å². The average molecular weight is 450 g/mol. The van der Waals surface area contributed by atoms with Crippen molar-refractivity contribution in [1.29, 1.82) is 0 Å². The Labute approximate surface area is 195 Å². The van der Waals surface area contributed by atoms with Gasteiger partial charge in [-0.25, -0.2) is 0 Å². The first-order valence-corrected chi connectivity index (χ1v) is 12.6. The molecule has 5 heteroatoms. The first-order chi connectivity index (χ1) is 15.7. The van der Waals surface area contributed by atoms with E-state index >= 15 is 0 Å². The van der Waals surface area contributed by atoms with E-state index in [4.69, 9.17) is 4.74 Å². The Morgan fingerprint density at radius 2 is 1.53 bits per heavy atom. The molecular weight excluding hydrogens is 418 g/mol. The van der Waals surface area contributed by atoms with E-state index in [2.05, 4.69) is 6.92 Å². The second-order valence-corrected chi connectivity index (χ2v) is 9.56. The van der Waals surface area contributed by atoms with Crippen LogP contribution in [0.3, 0.4) is 0 Å². The highest BCUT2D eigenvalue weighted by molar-refractivity contribution is 8.04. The van der Waals surface area contributed by atoms with Crippen LogP contribution in [0.5, 0.6) is 5.75 Å². The van der Waals surface area contributed by atoms with Gasteiger partial charge in [0.05, 0.1) is 17.1 Å². The summed E-state index contributed by atoms with van der Waals surface area (Å²) >= 11 is 1.40. The number of hydrogen-bond donors (Lipinski definition) is 0. The monoisotopic (exact) mass is 449 g/mol. The topological polar surface area (TPSA) is 46.6 Å². The predicted molar refractivity (Wildman–Crippen MR) is 129 cm³/mol. The normalized spacial score (nSPS) is 18.1. The molecule has 1 fully saturated rings. The first kappa shape index (κ1) is 22.7. The van der Waals surface area contributed by atoms with Gasteiger partial charge in [-0.1, -0.05) is 81.1 Å². The number of carbonyl (C=O) groups is 2. The van der Waals surface area contributed by atoms with Crippen molar-refractivity contribution < 1.29 is 14.3 Å². The third kappa shape index (κ3) is 5.09. The van der Waals surface area contributed by atoms with Crippen molar-refractivity contribution in [3.63, 3.8) is 0 Å². The second-order valence-electron chi connectivity index (χ2n) is 8.47. The zero-order valence-electron chi connectivity index (χ0n) is 18.7. The van der Waals surface area contributed by atoms with Gasteiger partial charge in [0.15, 0.2) is 0 Å². The van der Waals surface area contributed by atoms with Crippen molar-refractivity contribution in [3.05, 3.63) is 65.1 Å². The van der Waals surface area contributed by atoms with E-state index in [1.165, 1.54) is 31.0 Å². The minimum Gasteiger partial charge on any atom is -0.494 e. The Hall–Kier alpha value is -2.53. The molecule has 1 aliphatic heterocycles. The van der Waals surface area contributed by atoms with Crippen LogP contribution in [0.1, 0.15) is 63.9 Å². The summed E-state index contributed by atoms with van der Waals surface area (Å²) in [5.41, 5.74) is 1.30. The first-order valence-electron chi connectivity index (χ1n) is 11.8. The lowest BCUT2D eigenvalue weighted by Gasteiger charge is -2.28. The fourth-order valence-corrected chi connectivity index (χ4v) is 5.47. The Balaban J connectivity index is 1.67. The van der Waals surface area contributed by atoms with E-state index in [1.807, 2.05) is 54.6 Å². The third-order valence-electron chi connectivity index (χ3n) is 6.09. The summed E-state index contributed by atoms with van der Waals surface area (Å²) in [6, 6.07) is 17.4. The summed E-state index contributed by atoms with van der Waals surface area (Å²) in [5, 5.41) is 0. The molecule has 1 heterocycles. The summed E-state index contributed by atoms with van der Waals surface area (Å²) in [7, 11) is 0. The molecule has 4 rings (SSSR count). The fourth-order valence-electron chi connectivity index (χ4n) is 4.44. The molecule has 0 aromatic heterocycles. The highest BCUT2D eigenvalue weighted by atomic mass is 32.2. The van der Waals surface area contributed by atoms with Gasteiger partial charge in [0.1, 0.15) is 5.75 Å². The SMILES string of the molecule is CCCOc1ccc(C2=C(Sc3ccccc3)C(=O)N(C3CCCCCCC3)C2=O)cc1. The summed E-state index contributed by atoms with van der Waals surface area (Å²) in [5.74, 6) is 0.485. The molecule has 32 heavy (non-hydrogen) atoms. The molecule has 0 radical (unpaired) electrons. The van der Waals surface area contributed by atoms with Crippen molar-refractivity contribution in [3.8, 4) is 5.75 Å². The van der Waals surface area contributed by atoms with Crippen LogP contribution in [-0.4, -0.2) is 29.4 Å². The Kier molecular flexibility index (Phi) is 7.69. The van der Waals surface area contributed by atoms with E-state index in [0.717, 1.165) is 48.3 Å². The van der Waals surface area contributed by atoms with Crippen LogP contribution in [0.25, 0.3) is 5.57 Å². The lowest BCUT2D eigenvalue weighted by Crippen LogP contribution is -2.41. The van der Waals surface area contributed by atoms with Gasteiger partial charge in [-0.3, -0.25) is 14.5 Å². The van der Waals surface area contributed by atoms with Crippen LogP contribution in [-0.2, 0) is 9.59 Å². The molecule has 2 aliphatic rings. The molecule has 1 aliphatic carbocycles. The van der Waals surface area contributed by atoms with Crippen LogP contribution >= 0.6 is 11.8 Å². The number of hydrogen-bond acceptors (Lipinski definition) is 4. The Morgan fingerprint density at radius 1 is 0.875 bits per heavy atom. The standard InChI is InChI=1S/C27H31NO3S/c1-2-19-31-22-17-15-20(16-18-22)24-25(32-23-13-9-6-10-14-23)27(30)28(26(24)29)21-11-7-4-3-5-8-12-21/h6,9-10,13-18,21H,2-5,7-8,11-12,19H2,1H3. The molecule has 2 amide bonds. The minimum atomic E-state index is -0.152. The molecular formula is C27H31NO3S. The zero-order chi connectivity index (χ0) is 22.3. The van der Waals surface area contributed by atoms with Gasteiger partial charge in [-0.15, -0.1) is 0 Å². The summed E-state index contributed by atoms with van der Waals surface area (Å²) in [6.07, 6.45) is 8.49. The average Bonchev–Trinajstić information content (AvgIpc) is 3.03. The number of imide groups is 1.